The number of hydrogen-bond donors (Lipinski definition) is 0. The molecule has 4 nitrogen and oxygen atoms in total. The first-order chi connectivity index (χ1) is 14.5. The van der Waals surface area contributed by atoms with Gasteiger partial charge in [-0.2, -0.15) is 0 Å². The van der Waals surface area contributed by atoms with Gasteiger partial charge in [0.15, 0.2) is 0 Å². The molecule has 0 radical (unpaired) electrons. The third-order valence-electron chi connectivity index (χ3n) is 5.54. The first-order valence-electron chi connectivity index (χ1n) is 9.45. The predicted molar refractivity (Wildman–Crippen MR) is 121 cm³/mol. The van der Waals surface area contributed by atoms with Crippen molar-refractivity contribution in [3.05, 3.63) is 106 Å². The number of halogens is 1. The Morgan fingerprint density at radius 3 is 2.23 bits per heavy atom. The van der Waals surface area contributed by atoms with E-state index in [1.54, 1.807) is 43.8 Å². The van der Waals surface area contributed by atoms with E-state index in [4.69, 9.17) is 4.74 Å². The highest BCUT2D eigenvalue weighted by molar-refractivity contribution is 9.10. The maximum Gasteiger partial charge on any atom is 0.267 e. The summed E-state index contributed by atoms with van der Waals surface area (Å²) in [5.41, 5.74) is 5.29. The van der Waals surface area contributed by atoms with Crippen LogP contribution in [0.2, 0.25) is 0 Å². The van der Waals surface area contributed by atoms with Gasteiger partial charge in [-0.1, -0.05) is 52.3 Å². The lowest BCUT2D eigenvalue weighted by Gasteiger charge is -2.15. The van der Waals surface area contributed by atoms with Crippen molar-refractivity contribution in [2.75, 3.05) is 7.11 Å². The van der Waals surface area contributed by atoms with E-state index in [0.717, 1.165) is 32.5 Å². The van der Waals surface area contributed by atoms with Gasteiger partial charge in [0.25, 0.3) is 10.0 Å². The van der Waals surface area contributed by atoms with Crippen molar-refractivity contribution in [2.24, 2.45) is 0 Å². The van der Waals surface area contributed by atoms with Crippen LogP contribution in [0.3, 0.4) is 0 Å². The van der Waals surface area contributed by atoms with Crippen LogP contribution in [0.5, 0.6) is 5.75 Å². The zero-order chi connectivity index (χ0) is 20.9. The number of rotatable bonds is 4. The molecule has 0 N–H and O–H groups in total. The van der Waals surface area contributed by atoms with Crippen molar-refractivity contribution >= 4 is 26.0 Å². The lowest BCUT2D eigenvalue weighted by molar-refractivity contribution is 0.414. The first-order valence-corrected chi connectivity index (χ1v) is 11.7. The van der Waals surface area contributed by atoms with Crippen LogP contribution < -0.4 is 4.74 Å². The summed E-state index contributed by atoms with van der Waals surface area (Å²) in [5, 5.41) is 0. The van der Waals surface area contributed by atoms with Gasteiger partial charge in [-0.3, -0.25) is 0 Å². The third kappa shape index (κ3) is 2.99. The Morgan fingerprint density at radius 1 is 0.833 bits per heavy atom. The number of methoxy groups -OCH3 is 1. The number of hydrogen-bond acceptors (Lipinski definition) is 3. The molecule has 1 aliphatic carbocycles. The van der Waals surface area contributed by atoms with Crippen LogP contribution in [-0.4, -0.2) is 19.5 Å². The van der Waals surface area contributed by atoms with Gasteiger partial charge in [0, 0.05) is 28.3 Å². The molecular formula is C24H18BrNO3S. The van der Waals surface area contributed by atoms with Crippen molar-refractivity contribution in [1.82, 2.24) is 3.97 Å². The van der Waals surface area contributed by atoms with E-state index in [1.807, 2.05) is 42.5 Å². The van der Waals surface area contributed by atoms with Gasteiger partial charge in [0.05, 0.1) is 12.0 Å². The molecule has 0 fully saturated rings. The third-order valence-corrected chi connectivity index (χ3v) is 7.71. The average Bonchev–Trinajstić information content (AvgIpc) is 3.32. The molecule has 0 bridgehead atoms. The van der Waals surface area contributed by atoms with Crippen molar-refractivity contribution in [2.45, 2.75) is 10.8 Å². The summed E-state index contributed by atoms with van der Waals surface area (Å²) in [5.74, 6) is 0.768. The van der Waals surface area contributed by atoms with Crippen LogP contribution in [-0.2, 0) is 10.0 Å². The summed E-state index contributed by atoms with van der Waals surface area (Å²) in [6, 6.07) is 22.8. The lowest BCUT2D eigenvalue weighted by Crippen LogP contribution is -2.11. The minimum atomic E-state index is -3.68. The number of fused-ring (bicyclic) bond motifs is 3. The molecule has 0 spiro atoms. The van der Waals surface area contributed by atoms with Gasteiger partial charge in [0.1, 0.15) is 5.75 Å². The van der Waals surface area contributed by atoms with Crippen LogP contribution >= 0.6 is 15.9 Å². The number of ether oxygens (including phenoxy) is 1. The number of nitrogens with zero attached hydrogens (tertiary/aromatic N) is 1. The minimum Gasteiger partial charge on any atom is -0.497 e. The smallest absolute Gasteiger partial charge is 0.267 e. The molecule has 1 aliphatic rings. The lowest BCUT2D eigenvalue weighted by atomic mass is 9.90. The molecule has 6 heteroatoms. The van der Waals surface area contributed by atoms with Crippen LogP contribution in [0, 0.1) is 0 Å². The Balaban J connectivity index is 1.66. The van der Waals surface area contributed by atoms with Gasteiger partial charge >= 0.3 is 0 Å². The maximum atomic E-state index is 13.2. The van der Waals surface area contributed by atoms with Crippen molar-refractivity contribution in [1.29, 1.82) is 0 Å². The molecule has 0 aliphatic heterocycles. The zero-order valence-corrected chi connectivity index (χ0v) is 18.5. The van der Waals surface area contributed by atoms with Gasteiger partial charge in [-0.15, -0.1) is 0 Å². The summed E-state index contributed by atoms with van der Waals surface area (Å²) in [6.45, 7) is 0. The molecule has 3 aromatic carbocycles. The summed E-state index contributed by atoms with van der Waals surface area (Å²) in [4.78, 5) is 0.258. The largest absolute Gasteiger partial charge is 0.497 e. The fourth-order valence-corrected chi connectivity index (χ4v) is 5.57. The zero-order valence-electron chi connectivity index (χ0n) is 16.1. The summed E-state index contributed by atoms with van der Waals surface area (Å²) < 4.78 is 33.9. The molecule has 30 heavy (non-hydrogen) atoms. The fourth-order valence-electron chi connectivity index (χ4n) is 4.08. The van der Waals surface area contributed by atoms with E-state index in [-0.39, 0.29) is 10.8 Å². The molecule has 1 atom stereocenters. The molecule has 0 amide bonds. The van der Waals surface area contributed by atoms with Gasteiger partial charge in [-0.25, -0.2) is 12.4 Å². The van der Waals surface area contributed by atoms with Crippen LogP contribution in [0.25, 0.3) is 11.1 Å². The van der Waals surface area contributed by atoms with Crippen LogP contribution in [0.4, 0.5) is 0 Å². The first kappa shape index (κ1) is 19.2. The van der Waals surface area contributed by atoms with E-state index < -0.39 is 10.0 Å². The van der Waals surface area contributed by atoms with E-state index >= 15 is 0 Å². The summed E-state index contributed by atoms with van der Waals surface area (Å²) in [6.07, 6.45) is 3.48. The van der Waals surface area contributed by atoms with E-state index in [1.165, 1.54) is 9.54 Å². The Kier molecular flexibility index (Phi) is 4.56. The Bertz CT molecular complexity index is 1340. The summed E-state index contributed by atoms with van der Waals surface area (Å²) >= 11 is 3.36. The standard InChI is InChI=1S/C24H18BrNO3S/c1-29-18-10-6-16(7-11-18)24-21-5-3-2-4-20(21)22-14-26(15-23(22)24)30(27,28)19-12-8-17(25)9-13-19/h2-15,24H,1H3/t24-/m1/s1. The van der Waals surface area contributed by atoms with Crippen LogP contribution in [0.1, 0.15) is 22.6 Å². The quantitative estimate of drug-likeness (QED) is 0.334. The molecule has 4 aromatic rings. The van der Waals surface area contributed by atoms with Crippen molar-refractivity contribution < 1.29 is 13.2 Å². The number of aromatic nitrogens is 1. The Morgan fingerprint density at radius 2 is 1.53 bits per heavy atom. The monoisotopic (exact) mass is 479 g/mol. The van der Waals surface area contributed by atoms with Crippen molar-refractivity contribution in [3.8, 4) is 16.9 Å². The minimum absolute atomic E-state index is 0.0246. The van der Waals surface area contributed by atoms with Crippen LogP contribution in [0.15, 0.2) is 94.6 Å². The highest BCUT2D eigenvalue weighted by Crippen LogP contribution is 2.49. The van der Waals surface area contributed by atoms with E-state index in [9.17, 15) is 8.42 Å². The second-order valence-electron chi connectivity index (χ2n) is 7.21. The molecular weight excluding hydrogens is 462 g/mol. The van der Waals surface area contributed by atoms with E-state index in [2.05, 4.69) is 22.0 Å². The molecule has 1 aromatic heterocycles. The van der Waals surface area contributed by atoms with Gasteiger partial charge in [-0.05, 0) is 58.7 Å². The molecule has 0 saturated heterocycles. The molecule has 5 rings (SSSR count). The van der Waals surface area contributed by atoms with E-state index in [0.29, 0.717) is 0 Å². The highest BCUT2D eigenvalue weighted by Gasteiger charge is 2.33. The predicted octanol–water partition coefficient (Wildman–Crippen LogP) is 5.66. The van der Waals surface area contributed by atoms with Gasteiger partial charge < -0.3 is 4.74 Å². The van der Waals surface area contributed by atoms with Gasteiger partial charge in [0.2, 0.25) is 0 Å². The average molecular weight is 480 g/mol. The normalized spacial score (nSPS) is 14.9. The van der Waals surface area contributed by atoms with Crippen molar-refractivity contribution in [3.63, 3.8) is 0 Å². The Labute approximate surface area is 183 Å². The molecule has 0 saturated carbocycles. The SMILES string of the molecule is COc1ccc([C@@H]2c3ccccc3-c3cn(S(=O)(=O)c4ccc(Br)cc4)cc32)cc1. The second-order valence-corrected chi connectivity index (χ2v) is 9.97. The maximum absolute atomic E-state index is 13.2. The highest BCUT2D eigenvalue weighted by atomic mass is 79.9. The molecule has 150 valence electrons. The topological polar surface area (TPSA) is 48.3 Å². The summed E-state index contributed by atoms with van der Waals surface area (Å²) in [7, 11) is -2.03. The second kappa shape index (κ2) is 7.15. The molecule has 0 unspecified atom stereocenters. The number of benzene rings is 3. The molecule has 1 heterocycles. The Hall–Kier alpha value is -2.83. The fraction of sp³-hybridized carbons (Fsp3) is 0.0833.